The van der Waals surface area contributed by atoms with Crippen molar-refractivity contribution < 1.29 is 28.7 Å². The number of likely N-dealkylation sites (tertiary alicyclic amines) is 2. The van der Waals surface area contributed by atoms with Gasteiger partial charge in [0.15, 0.2) is 5.78 Å². The van der Waals surface area contributed by atoms with Gasteiger partial charge < -0.3 is 14.4 Å². The lowest BCUT2D eigenvalue weighted by Gasteiger charge is -2.43. The maximum Gasteiger partial charge on any atom is 0.415 e. The highest BCUT2D eigenvalue weighted by Gasteiger charge is 2.53. The Balaban J connectivity index is 1.40. The SMILES string of the molecule is CC(C)CC(C(=O)N1CCC2C1C(=O)CN2C(=O)Oc1ccccc1)N(C(=O)c1ccccc1)N1CCOCC1. The summed E-state index contributed by atoms with van der Waals surface area (Å²) < 4.78 is 11.0. The predicted molar refractivity (Wildman–Crippen MR) is 146 cm³/mol. The van der Waals surface area contributed by atoms with E-state index in [2.05, 4.69) is 0 Å². The molecule has 10 nitrogen and oxygen atoms in total. The van der Waals surface area contributed by atoms with Gasteiger partial charge >= 0.3 is 6.09 Å². The molecule has 3 unspecified atom stereocenters. The standard InChI is InChI=1S/C30H36N4O6/c1-21(2)19-25(34(31-15-17-39-18-16-31)28(36)22-9-5-3-6-10-22)29(37)32-14-13-24-27(32)26(35)20-33(24)30(38)40-23-11-7-4-8-12-23/h3-12,21,24-25,27H,13-20H2,1-2H3. The van der Waals surface area contributed by atoms with E-state index < -0.39 is 24.2 Å². The van der Waals surface area contributed by atoms with E-state index in [9.17, 15) is 19.2 Å². The van der Waals surface area contributed by atoms with E-state index in [4.69, 9.17) is 9.47 Å². The van der Waals surface area contributed by atoms with Crippen molar-refractivity contribution >= 4 is 23.7 Å². The van der Waals surface area contributed by atoms with Gasteiger partial charge in [-0.05, 0) is 43.0 Å². The molecule has 3 amide bonds. The van der Waals surface area contributed by atoms with Gasteiger partial charge in [0.25, 0.3) is 5.91 Å². The molecule has 0 saturated carbocycles. The highest BCUT2D eigenvalue weighted by Crippen LogP contribution is 2.33. The van der Waals surface area contributed by atoms with Crippen molar-refractivity contribution in [2.45, 2.75) is 44.8 Å². The first kappa shape index (κ1) is 27.8. The van der Waals surface area contributed by atoms with Crippen LogP contribution in [-0.2, 0) is 14.3 Å². The van der Waals surface area contributed by atoms with E-state index in [-0.39, 0.29) is 30.1 Å². The normalized spacial score (nSPS) is 21.8. The van der Waals surface area contributed by atoms with Crippen LogP contribution in [0.3, 0.4) is 0 Å². The van der Waals surface area contributed by atoms with Crippen molar-refractivity contribution in [2.24, 2.45) is 5.92 Å². The predicted octanol–water partition coefficient (Wildman–Crippen LogP) is 2.84. The van der Waals surface area contributed by atoms with E-state index in [0.29, 0.717) is 57.0 Å². The Morgan fingerprint density at radius 3 is 2.25 bits per heavy atom. The number of hydrogen-bond donors (Lipinski definition) is 0. The second kappa shape index (κ2) is 12.2. The lowest BCUT2D eigenvalue weighted by atomic mass is 10.00. The summed E-state index contributed by atoms with van der Waals surface area (Å²) in [4.78, 5) is 57.5. The number of ketones is 1. The number of nitrogens with zero attached hydrogens (tertiary/aromatic N) is 4. The Hall–Kier alpha value is -3.76. The zero-order valence-electron chi connectivity index (χ0n) is 23.0. The average molecular weight is 549 g/mol. The molecule has 3 atom stereocenters. The van der Waals surface area contributed by atoms with E-state index in [1.807, 2.05) is 31.0 Å². The summed E-state index contributed by atoms with van der Waals surface area (Å²) >= 11 is 0. The van der Waals surface area contributed by atoms with Gasteiger partial charge in [0.1, 0.15) is 17.8 Å². The number of ether oxygens (including phenoxy) is 2. The highest BCUT2D eigenvalue weighted by atomic mass is 16.6. The molecule has 0 aromatic heterocycles. The van der Waals surface area contributed by atoms with Crippen molar-refractivity contribution in [3.8, 4) is 5.75 Å². The molecule has 3 aliphatic heterocycles. The summed E-state index contributed by atoms with van der Waals surface area (Å²) in [7, 11) is 0. The van der Waals surface area contributed by atoms with Crippen LogP contribution in [0, 0.1) is 5.92 Å². The average Bonchev–Trinajstić information content (AvgIpc) is 3.55. The second-order valence-corrected chi connectivity index (χ2v) is 10.8. The minimum Gasteiger partial charge on any atom is -0.410 e. The van der Waals surface area contributed by atoms with E-state index in [1.165, 1.54) is 4.90 Å². The number of para-hydroxylation sites is 1. The van der Waals surface area contributed by atoms with Crippen molar-refractivity contribution in [3.63, 3.8) is 0 Å². The molecule has 5 rings (SSSR count). The lowest BCUT2D eigenvalue weighted by molar-refractivity contribution is -0.151. The molecule has 212 valence electrons. The molecule has 0 N–H and O–H groups in total. The summed E-state index contributed by atoms with van der Waals surface area (Å²) in [5, 5.41) is 3.49. The molecular formula is C30H36N4O6. The maximum atomic E-state index is 14.3. The number of Topliss-reactive ketones (excluding diaryl/α,β-unsaturated/α-hetero) is 1. The number of carbonyl (C=O) groups excluding carboxylic acids is 4. The van der Waals surface area contributed by atoms with Crippen molar-refractivity contribution in [3.05, 3.63) is 66.2 Å². The number of carbonyl (C=O) groups is 4. The van der Waals surface area contributed by atoms with Crippen LogP contribution < -0.4 is 4.74 Å². The third-order valence-corrected chi connectivity index (χ3v) is 7.68. The van der Waals surface area contributed by atoms with Crippen LogP contribution >= 0.6 is 0 Å². The molecule has 40 heavy (non-hydrogen) atoms. The maximum absolute atomic E-state index is 14.3. The fourth-order valence-corrected chi connectivity index (χ4v) is 5.86. The lowest BCUT2D eigenvalue weighted by Crippen LogP contribution is -2.61. The quantitative estimate of drug-likeness (QED) is 0.525. The molecule has 3 aliphatic rings. The number of fused-ring (bicyclic) bond motifs is 1. The number of benzene rings is 2. The van der Waals surface area contributed by atoms with E-state index >= 15 is 0 Å². The number of morpholine rings is 1. The van der Waals surface area contributed by atoms with Gasteiger partial charge in [0.05, 0.1) is 25.8 Å². The highest BCUT2D eigenvalue weighted by molar-refractivity contribution is 6.00. The third kappa shape index (κ3) is 5.73. The number of amides is 3. The molecular weight excluding hydrogens is 512 g/mol. The summed E-state index contributed by atoms with van der Waals surface area (Å²) in [6.45, 7) is 6.09. The minimum atomic E-state index is -0.803. The molecule has 0 spiro atoms. The number of hydrazine groups is 1. The summed E-state index contributed by atoms with van der Waals surface area (Å²) in [6.07, 6.45) is 0.288. The number of rotatable bonds is 7. The van der Waals surface area contributed by atoms with Gasteiger partial charge in [-0.25, -0.2) is 9.80 Å². The van der Waals surface area contributed by atoms with E-state index in [1.54, 1.807) is 58.4 Å². The van der Waals surface area contributed by atoms with Crippen LogP contribution in [0.15, 0.2) is 60.7 Å². The largest absolute Gasteiger partial charge is 0.415 e. The van der Waals surface area contributed by atoms with Crippen LogP contribution in [0.4, 0.5) is 4.79 Å². The summed E-state index contributed by atoms with van der Waals surface area (Å²) in [6, 6.07) is 15.6. The van der Waals surface area contributed by atoms with Gasteiger partial charge in [0, 0.05) is 25.2 Å². The monoisotopic (exact) mass is 548 g/mol. The van der Waals surface area contributed by atoms with Crippen LogP contribution in [-0.4, -0.2) is 101 Å². The van der Waals surface area contributed by atoms with Crippen LogP contribution in [0.5, 0.6) is 5.75 Å². The van der Waals surface area contributed by atoms with Gasteiger partial charge in [-0.15, -0.1) is 0 Å². The van der Waals surface area contributed by atoms with Gasteiger partial charge in [-0.2, -0.15) is 0 Å². The van der Waals surface area contributed by atoms with Crippen molar-refractivity contribution in [1.29, 1.82) is 0 Å². The minimum absolute atomic E-state index is 0.107. The van der Waals surface area contributed by atoms with Crippen LogP contribution in [0.2, 0.25) is 0 Å². The van der Waals surface area contributed by atoms with Crippen LogP contribution in [0.1, 0.15) is 37.0 Å². The second-order valence-electron chi connectivity index (χ2n) is 10.8. The van der Waals surface area contributed by atoms with Crippen molar-refractivity contribution in [2.75, 3.05) is 39.4 Å². The molecule has 0 bridgehead atoms. The Morgan fingerprint density at radius 1 is 0.950 bits per heavy atom. The molecule has 3 saturated heterocycles. The first-order valence-corrected chi connectivity index (χ1v) is 13.9. The van der Waals surface area contributed by atoms with Gasteiger partial charge in [-0.1, -0.05) is 50.2 Å². The Morgan fingerprint density at radius 2 is 1.60 bits per heavy atom. The smallest absolute Gasteiger partial charge is 0.410 e. The molecule has 10 heteroatoms. The zero-order valence-corrected chi connectivity index (χ0v) is 23.0. The van der Waals surface area contributed by atoms with E-state index in [0.717, 1.165) is 0 Å². The van der Waals surface area contributed by atoms with Gasteiger partial charge in [0.2, 0.25) is 5.91 Å². The van der Waals surface area contributed by atoms with Crippen LogP contribution in [0.25, 0.3) is 0 Å². The summed E-state index contributed by atoms with van der Waals surface area (Å²) in [5.41, 5.74) is 0.488. The number of hydrogen-bond acceptors (Lipinski definition) is 7. The Kier molecular flexibility index (Phi) is 8.46. The first-order valence-electron chi connectivity index (χ1n) is 13.9. The molecule has 0 aliphatic carbocycles. The zero-order chi connectivity index (χ0) is 28.2. The Bertz CT molecular complexity index is 1220. The fraction of sp³-hybridized carbons (Fsp3) is 0.467. The fourth-order valence-electron chi connectivity index (χ4n) is 5.86. The summed E-state index contributed by atoms with van der Waals surface area (Å²) in [5.74, 6) is -0.230. The molecule has 3 fully saturated rings. The Labute approximate surface area is 234 Å². The molecule has 0 radical (unpaired) electrons. The van der Waals surface area contributed by atoms with Crippen molar-refractivity contribution in [1.82, 2.24) is 19.8 Å². The van der Waals surface area contributed by atoms with Gasteiger partial charge in [-0.3, -0.25) is 24.3 Å². The third-order valence-electron chi connectivity index (χ3n) is 7.68. The topological polar surface area (TPSA) is 99.7 Å². The first-order chi connectivity index (χ1) is 19.3. The molecule has 2 aromatic carbocycles. The molecule has 2 aromatic rings. The molecule has 3 heterocycles.